The maximum atomic E-state index is 2.31. The summed E-state index contributed by atoms with van der Waals surface area (Å²) in [5.41, 5.74) is 1.51. The summed E-state index contributed by atoms with van der Waals surface area (Å²) in [5.74, 6) is 2.09. The smallest absolute Gasteiger partial charge is 0.0279 e. The zero-order valence-corrected chi connectivity index (χ0v) is 13.3. The first-order chi connectivity index (χ1) is 9.88. The molecule has 1 aromatic rings. The van der Waals surface area contributed by atoms with Gasteiger partial charge in [-0.15, -0.1) is 0 Å². The van der Waals surface area contributed by atoms with E-state index in [1.165, 1.54) is 76.2 Å². The van der Waals surface area contributed by atoms with E-state index in [0.717, 1.165) is 11.8 Å². The van der Waals surface area contributed by atoms with Gasteiger partial charge in [0, 0.05) is 0 Å². The fourth-order valence-electron chi connectivity index (χ4n) is 3.73. The Kier molecular flexibility index (Phi) is 7.19. The molecule has 0 aliphatic heterocycles. The predicted molar refractivity (Wildman–Crippen MR) is 89.0 cm³/mol. The lowest BCUT2D eigenvalue weighted by molar-refractivity contribution is 0.246. The molecule has 1 aliphatic rings. The van der Waals surface area contributed by atoms with Crippen molar-refractivity contribution in [2.24, 2.45) is 11.8 Å². The number of aryl methyl sites for hydroxylation is 1. The van der Waals surface area contributed by atoms with Gasteiger partial charge in [0.25, 0.3) is 0 Å². The van der Waals surface area contributed by atoms with Crippen LogP contribution in [-0.2, 0) is 6.42 Å². The molecule has 20 heavy (non-hydrogen) atoms. The van der Waals surface area contributed by atoms with Crippen LogP contribution >= 0.6 is 0 Å². The van der Waals surface area contributed by atoms with Gasteiger partial charge in [-0.2, -0.15) is 0 Å². The number of benzene rings is 1. The van der Waals surface area contributed by atoms with Crippen molar-refractivity contribution >= 4 is 0 Å². The minimum Gasteiger partial charge on any atom is -0.0654 e. The van der Waals surface area contributed by atoms with Gasteiger partial charge in [-0.3, -0.25) is 0 Å². The van der Waals surface area contributed by atoms with Crippen molar-refractivity contribution in [1.82, 2.24) is 0 Å². The second kappa shape index (κ2) is 9.21. The van der Waals surface area contributed by atoms with Gasteiger partial charge in [-0.25, -0.2) is 0 Å². The average molecular weight is 272 g/mol. The van der Waals surface area contributed by atoms with E-state index in [1.54, 1.807) is 0 Å². The highest BCUT2D eigenvalue weighted by Gasteiger charge is 2.20. The third kappa shape index (κ3) is 5.69. The lowest BCUT2D eigenvalue weighted by atomic mass is 9.78. The maximum absolute atomic E-state index is 2.31. The Hall–Kier alpha value is -0.780. The summed E-state index contributed by atoms with van der Waals surface area (Å²) in [6.45, 7) is 2.31. The van der Waals surface area contributed by atoms with E-state index in [2.05, 4.69) is 37.3 Å². The molecule has 0 saturated heterocycles. The van der Waals surface area contributed by atoms with Crippen LogP contribution in [0.4, 0.5) is 0 Å². The van der Waals surface area contributed by atoms with Crippen molar-refractivity contribution in [1.29, 1.82) is 0 Å². The van der Waals surface area contributed by atoms with Gasteiger partial charge >= 0.3 is 0 Å². The second-order valence-electron chi connectivity index (χ2n) is 6.76. The van der Waals surface area contributed by atoms with Crippen molar-refractivity contribution in [2.45, 2.75) is 77.6 Å². The van der Waals surface area contributed by atoms with E-state index in [9.17, 15) is 0 Å². The lowest BCUT2D eigenvalue weighted by Gasteiger charge is -2.28. The molecule has 0 heterocycles. The Morgan fingerprint density at radius 1 is 0.800 bits per heavy atom. The molecule has 0 spiro atoms. The average Bonchev–Trinajstić information content (AvgIpc) is 2.50. The van der Waals surface area contributed by atoms with E-state index in [0.29, 0.717) is 0 Å². The highest BCUT2D eigenvalue weighted by atomic mass is 14.3. The minimum absolute atomic E-state index is 1.03. The van der Waals surface area contributed by atoms with Crippen LogP contribution in [0, 0.1) is 11.8 Å². The summed E-state index contributed by atoms with van der Waals surface area (Å²) in [4.78, 5) is 0. The quantitative estimate of drug-likeness (QED) is 0.481. The molecule has 0 bridgehead atoms. The van der Waals surface area contributed by atoms with Crippen LogP contribution in [0.1, 0.15) is 76.7 Å². The molecule has 0 heteroatoms. The largest absolute Gasteiger partial charge is 0.0654 e. The minimum atomic E-state index is 1.03. The van der Waals surface area contributed by atoms with Crippen LogP contribution in [0.15, 0.2) is 30.3 Å². The third-order valence-corrected chi connectivity index (χ3v) is 5.10. The molecule has 0 N–H and O–H groups in total. The molecule has 1 aromatic carbocycles. The van der Waals surface area contributed by atoms with Gasteiger partial charge in [-0.1, -0.05) is 95.0 Å². The van der Waals surface area contributed by atoms with E-state index in [1.807, 2.05) is 0 Å². The van der Waals surface area contributed by atoms with Crippen molar-refractivity contribution < 1.29 is 0 Å². The van der Waals surface area contributed by atoms with Crippen LogP contribution in [0.3, 0.4) is 0 Å². The molecule has 1 saturated carbocycles. The van der Waals surface area contributed by atoms with Gasteiger partial charge in [0.1, 0.15) is 0 Å². The van der Waals surface area contributed by atoms with Crippen LogP contribution in [-0.4, -0.2) is 0 Å². The Morgan fingerprint density at radius 2 is 1.40 bits per heavy atom. The number of unbranched alkanes of at least 4 members (excludes halogenated alkanes) is 2. The van der Waals surface area contributed by atoms with Crippen LogP contribution in [0.25, 0.3) is 0 Å². The summed E-state index contributed by atoms with van der Waals surface area (Å²) >= 11 is 0. The molecular weight excluding hydrogens is 240 g/mol. The molecule has 0 amide bonds. The first-order valence-corrected chi connectivity index (χ1v) is 8.92. The van der Waals surface area contributed by atoms with Gasteiger partial charge < -0.3 is 0 Å². The number of hydrogen-bond acceptors (Lipinski definition) is 0. The summed E-state index contributed by atoms with van der Waals surface area (Å²) in [6, 6.07) is 11.0. The van der Waals surface area contributed by atoms with Crippen LogP contribution in [0.5, 0.6) is 0 Å². The fraction of sp³-hybridized carbons (Fsp3) is 0.700. The molecule has 112 valence electrons. The van der Waals surface area contributed by atoms with E-state index in [4.69, 9.17) is 0 Å². The predicted octanol–water partition coefficient (Wildman–Crippen LogP) is 6.40. The summed E-state index contributed by atoms with van der Waals surface area (Å²) in [7, 11) is 0. The Morgan fingerprint density at radius 3 is 2.00 bits per heavy atom. The standard InChI is InChI=1S/C20H32/c1-2-3-5-9-19-14-16-20(17-15-19)13-8-12-18-10-6-4-7-11-18/h4,6-7,10-11,19-20H,2-3,5,8-9,12-17H2,1H3. The topological polar surface area (TPSA) is 0 Å². The molecule has 0 radical (unpaired) electrons. The van der Waals surface area contributed by atoms with E-state index in [-0.39, 0.29) is 0 Å². The van der Waals surface area contributed by atoms with Gasteiger partial charge in [0.05, 0.1) is 0 Å². The van der Waals surface area contributed by atoms with Crippen molar-refractivity contribution in [3.8, 4) is 0 Å². The molecule has 1 fully saturated rings. The van der Waals surface area contributed by atoms with Gasteiger partial charge in [-0.05, 0) is 30.2 Å². The Balaban J connectivity index is 1.55. The van der Waals surface area contributed by atoms with E-state index < -0.39 is 0 Å². The molecule has 0 unspecified atom stereocenters. The Bertz CT molecular complexity index is 332. The molecule has 0 atom stereocenters. The van der Waals surface area contributed by atoms with Crippen LogP contribution in [0.2, 0.25) is 0 Å². The summed E-state index contributed by atoms with van der Waals surface area (Å²) < 4.78 is 0. The zero-order valence-electron chi connectivity index (χ0n) is 13.3. The normalized spacial score (nSPS) is 22.9. The zero-order chi connectivity index (χ0) is 14.0. The molecule has 0 nitrogen and oxygen atoms in total. The van der Waals surface area contributed by atoms with E-state index >= 15 is 0 Å². The molecular formula is C20H32. The summed E-state index contributed by atoms with van der Waals surface area (Å²) in [5, 5.41) is 0. The van der Waals surface area contributed by atoms with Crippen molar-refractivity contribution in [3.63, 3.8) is 0 Å². The Labute approximate surface area is 126 Å². The first kappa shape index (κ1) is 15.6. The third-order valence-electron chi connectivity index (χ3n) is 5.10. The monoisotopic (exact) mass is 272 g/mol. The maximum Gasteiger partial charge on any atom is -0.0279 e. The second-order valence-corrected chi connectivity index (χ2v) is 6.76. The number of hydrogen-bond donors (Lipinski definition) is 0. The van der Waals surface area contributed by atoms with Crippen molar-refractivity contribution in [2.75, 3.05) is 0 Å². The molecule has 0 aromatic heterocycles. The molecule has 1 aliphatic carbocycles. The van der Waals surface area contributed by atoms with Gasteiger partial charge in [0.2, 0.25) is 0 Å². The molecule has 2 rings (SSSR count). The van der Waals surface area contributed by atoms with Crippen LogP contribution < -0.4 is 0 Å². The SMILES string of the molecule is CCCCCC1CCC(CCCc2ccccc2)CC1. The first-order valence-electron chi connectivity index (χ1n) is 8.92. The summed E-state index contributed by atoms with van der Waals surface area (Å²) in [6.07, 6.45) is 15.9. The van der Waals surface area contributed by atoms with Crippen molar-refractivity contribution in [3.05, 3.63) is 35.9 Å². The fourth-order valence-corrected chi connectivity index (χ4v) is 3.73. The lowest BCUT2D eigenvalue weighted by Crippen LogP contribution is -2.14. The number of rotatable bonds is 8. The highest BCUT2D eigenvalue weighted by molar-refractivity contribution is 5.14. The highest BCUT2D eigenvalue weighted by Crippen LogP contribution is 2.34. The van der Waals surface area contributed by atoms with Gasteiger partial charge in [0.15, 0.2) is 0 Å².